The van der Waals surface area contributed by atoms with Crippen LogP contribution in [0.25, 0.3) is 0 Å². The molecule has 0 bridgehead atoms. The van der Waals surface area contributed by atoms with Crippen molar-refractivity contribution in [3.63, 3.8) is 0 Å². The second-order valence-electron chi connectivity index (χ2n) is 5.85. The van der Waals surface area contributed by atoms with Gasteiger partial charge in [-0.2, -0.15) is 4.31 Å². The fourth-order valence-corrected chi connectivity index (χ4v) is 4.65. The standard InChI is InChI=1S/C15H29N3O4S/c1-5-11-23(21,22)18-10-8-9-13(18)15(20)16(4)12-14(19)17(6-2)7-3/h13H,5-12H2,1-4H3. The number of hydrogen-bond donors (Lipinski definition) is 0. The van der Waals surface area contributed by atoms with E-state index in [1.54, 1.807) is 18.9 Å². The number of sulfonamides is 1. The van der Waals surface area contributed by atoms with Gasteiger partial charge in [0.15, 0.2) is 0 Å². The highest BCUT2D eigenvalue weighted by Crippen LogP contribution is 2.23. The molecule has 0 aromatic carbocycles. The fourth-order valence-electron chi connectivity index (χ4n) is 2.91. The summed E-state index contributed by atoms with van der Waals surface area (Å²) in [6.07, 6.45) is 1.72. The van der Waals surface area contributed by atoms with Gasteiger partial charge >= 0.3 is 0 Å². The number of amides is 2. The molecular weight excluding hydrogens is 318 g/mol. The summed E-state index contributed by atoms with van der Waals surface area (Å²) < 4.78 is 25.9. The summed E-state index contributed by atoms with van der Waals surface area (Å²) in [7, 11) is -1.84. The molecule has 134 valence electrons. The van der Waals surface area contributed by atoms with Gasteiger partial charge in [0.2, 0.25) is 21.8 Å². The number of carbonyl (C=O) groups excluding carboxylic acids is 2. The molecule has 1 aliphatic rings. The molecule has 0 aromatic rings. The number of nitrogens with zero attached hydrogens (tertiary/aromatic N) is 3. The van der Waals surface area contributed by atoms with Crippen LogP contribution in [0.3, 0.4) is 0 Å². The Morgan fingerprint density at radius 2 is 1.78 bits per heavy atom. The van der Waals surface area contributed by atoms with Gasteiger partial charge in [0.05, 0.1) is 12.3 Å². The Labute approximate surface area is 139 Å². The van der Waals surface area contributed by atoms with Crippen molar-refractivity contribution in [3.8, 4) is 0 Å². The van der Waals surface area contributed by atoms with Crippen LogP contribution in [0.1, 0.15) is 40.0 Å². The molecule has 2 amide bonds. The zero-order chi connectivity index (χ0) is 17.6. The maximum absolute atomic E-state index is 12.6. The third kappa shape index (κ3) is 4.91. The lowest BCUT2D eigenvalue weighted by atomic mass is 10.2. The summed E-state index contributed by atoms with van der Waals surface area (Å²) in [6, 6.07) is -0.666. The zero-order valence-electron chi connectivity index (χ0n) is 14.6. The second kappa shape index (κ2) is 8.63. The average Bonchev–Trinajstić information content (AvgIpc) is 2.97. The number of likely N-dealkylation sites (N-methyl/N-ethyl adjacent to an activating group) is 2. The van der Waals surface area contributed by atoms with Gasteiger partial charge in [-0.05, 0) is 33.1 Å². The van der Waals surface area contributed by atoms with Gasteiger partial charge in [0.1, 0.15) is 6.04 Å². The summed E-state index contributed by atoms with van der Waals surface area (Å²) in [4.78, 5) is 27.7. The number of hydrogen-bond acceptors (Lipinski definition) is 4. The molecule has 1 rings (SSSR count). The predicted octanol–water partition coefficient (Wildman–Crippen LogP) is 0.517. The van der Waals surface area contributed by atoms with Crippen molar-refractivity contribution >= 4 is 21.8 Å². The minimum Gasteiger partial charge on any atom is -0.342 e. The van der Waals surface area contributed by atoms with E-state index < -0.39 is 16.1 Å². The summed E-state index contributed by atoms with van der Waals surface area (Å²) in [5.74, 6) is -0.353. The van der Waals surface area contributed by atoms with Gasteiger partial charge in [-0.25, -0.2) is 8.42 Å². The molecule has 0 N–H and O–H groups in total. The first-order chi connectivity index (χ1) is 10.8. The molecule has 1 unspecified atom stereocenters. The van der Waals surface area contributed by atoms with E-state index in [-0.39, 0.29) is 24.1 Å². The smallest absolute Gasteiger partial charge is 0.242 e. The van der Waals surface area contributed by atoms with Crippen molar-refractivity contribution in [3.05, 3.63) is 0 Å². The average molecular weight is 347 g/mol. The molecular formula is C15H29N3O4S. The zero-order valence-corrected chi connectivity index (χ0v) is 15.4. The maximum Gasteiger partial charge on any atom is 0.242 e. The van der Waals surface area contributed by atoms with Gasteiger partial charge in [-0.1, -0.05) is 6.92 Å². The monoisotopic (exact) mass is 347 g/mol. The summed E-state index contributed by atoms with van der Waals surface area (Å²) >= 11 is 0. The molecule has 0 aromatic heterocycles. The Morgan fingerprint density at radius 3 is 2.30 bits per heavy atom. The highest BCUT2D eigenvalue weighted by molar-refractivity contribution is 7.89. The predicted molar refractivity (Wildman–Crippen MR) is 89.4 cm³/mol. The van der Waals surface area contributed by atoms with E-state index in [0.717, 1.165) is 0 Å². The topological polar surface area (TPSA) is 78.0 Å². The third-order valence-electron chi connectivity index (χ3n) is 4.17. The van der Waals surface area contributed by atoms with Crippen LogP contribution in [0, 0.1) is 0 Å². The van der Waals surface area contributed by atoms with Crippen molar-refractivity contribution in [2.45, 2.75) is 46.1 Å². The highest BCUT2D eigenvalue weighted by Gasteiger charge is 2.39. The van der Waals surface area contributed by atoms with Gasteiger partial charge in [0.25, 0.3) is 0 Å². The quantitative estimate of drug-likeness (QED) is 0.641. The molecule has 23 heavy (non-hydrogen) atoms. The number of carbonyl (C=O) groups is 2. The second-order valence-corrected chi connectivity index (χ2v) is 7.89. The first-order valence-electron chi connectivity index (χ1n) is 8.30. The first kappa shape index (κ1) is 19.9. The van der Waals surface area contributed by atoms with Crippen molar-refractivity contribution in [1.82, 2.24) is 14.1 Å². The maximum atomic E-state index is 12.6. The molecule has 0 saturated carbocycles. The van der Waals surface area contributed by atoms with E-state index in [9.17, 15) is 18.0 Å². The Balaban J connectivity index is 2.77. The van der Waals surface area contributed by atoms with Crippen LogP contribution < -0.4 is 0 Å². The largest absolute Gasteiger partial charge is 0.342 e. The molecule has 0 aliphatic carbocycles. The lowest BCUT2D eigenvalue weighted by Crippen LogP contribution is -2.49. The van der Waals surface area contributed by atoms with Crippen LogP contribution in [0.5, 0.6) is 0 Å². The molecule has 1 fully saturated rings. The van der Waals surface area contributed by atoms with Crippen LogP contribution in [0.15, 0.2) is 0 Å². The van der Waals surface area contributed by atoms with E-state index in [4.69, 9.17) is 0 Å². The summed E-state index contributed by atoms with van der Waals surface area (Å²) in [5.41, 5.74) is 0. The Morgan fingerprint density at radius 1 is 1.17 bits per heavy atom. The fraction of sp³-hybridized carbons (Fsp3) is 0.867. The highest BCUT2D eigenvalue weighted by atomic mass is 32.2. The van der Waals surface area contributed by atoms with Gasteiger partial charge < -0.3 is 9.80 Å². The van der Waals surface area contributed by atoms with Gasteiger partial charge in [-0.15, -0.1) is 0 Å². The molecule has 1 saturated heterocycles. The molecule has 1 heterocycles. The Bertz CT molecular complexity index is 517. The lowest BCUT2D eigenvalue weighted by molar-refractivity contribution is -0.141. The molecule has 1 aliphatic heterocycles. The van der Waals surface area contributed by atoms with Crippen molar-refractivity contribution < 1.29 is 18.0 Å². The minimum atomic E-state index is -3.40. The number of rotatable bonds is 8. The van der Waals surface area contributed by atoms with Crippen LogP contribution in [-0.4, -0.2) is 79.4 Å². The van der Waals surface area contributed by atoms with Gasteiger partial charge in [0, 0.05) is 26.7 Å². The van der Waals surface area contributed by atoms with E-state index in [0.29, 0.717) is 38.9 Å². The lowest BCUT2D eigenvalue weighted by Gasteiger charge is -2.28. The van der Waals surface area contributed by atoms with Crippen molar-refractivity contribution in [2.75, 3.05) is 39.0 Å². The van der Waals surface area contributed by atoms with E-state index in [1.807, 2.05) is 13.8 Å². The summed E-state index contributed by atoms with van der Waals surface area (Å²) in [6.45, 7) is 7.14. The van der Waals surface area contributed by atoms with E-state index in [2.05, 4.69) is 0 Å². The van der Waals surface area contributed by atoms with Crippen molar-refractivity contribution in [1.29, 1.82) is 0 Å². The normalized spacial score (nSPS) is 18.9. The van der Waals surface area contributed by atoms with E-state index in [1.165, 1.54) is 9.21 Å². The molecule has 0 spiro atoms. The minimum absolute atomic E-state index is 0.0152. The van der Waals surface area contributed by atoms with Crippen LogP contribution in [0.2, 0.25) is 0 Å². The van der Waals surface area contributed by atoms with E-state index >= 15 is 0 Å². The summed E-state index contributed by atoms with van der Waals surface area (Å²) in [5, 5.41) is 0. The van der Waals surface area contributed by atoms with Gasteiger partial charge in [-0.3, -0.25) is 9.59 Å². The van der Waals surface area contributed by atoms with Crippen LogP contribution in [-0.2, 0) is 19.6 Å². The molecule has 0 radical (unpaired) electrons. The molecule has 8 heteroatoms. The van der Waals surface area contributed by atoms with Crippen molar-refractivity contribution in [2.24, 2.45) is 0 Å². The van der Waals surface area contributed by atoms with Crippen LogP contribution >= 0.6 is 0 Å². The third-order valence-corrected chi connectivity index (χ3v) is 6.25. The Hall–Kier alpha value is -1.15. The molecule has 7 nitrogen and oxygen atoms in total. The van der Waals surface area contributed by atoms with Crippen LogP contribution in [0.4, 0.5) is 0 Å². The Kier molecular flexibility index (Phi) is 7.47. The SMILES string of the molecule is CCCS(=O)(=O)N1CCCC1C(=O)N(C)CC(=O)N(CC)CC. The molecule has 1 atom stereocenters. The first-order valence-corrected chi connectivity index (χ1v) is 9.91.